The first-order valence-corrected chi connectivity index (χ1v) is 5.40. The van der Waals surface area contributed by atoms with Gasteiger partial charge in [-0.2, -0.15) is 0 Å². The molecule has 0 heterocycles. The molecule has 3 nitrogen and oxygen atoms in total. The first-order chi connectivity index (χ1) is 7.76. The van der Waals surface area contributed by atoms with Crippen LogP contribution in [0.25, 0.3) is 0 Å². The van der Waals surface area contributed by atoms with Crippen molar-refractivity contribution < 1.29 is 27.5 Å². The van der Waals surface area contributed by atoms with Crippen LogP contribution >= 0.6 is 0 Å². The Bertz CT molecular complexity index is 273. The van der Waals surface area contributed by atoms with Gasteiger partial charge in [-0.1, -0.05) is 0 Å². The number of nitrogens with one attached hydrogen (secondary N) is 1. The third-order valence-corrected chi connectivity index (χ3v) is 2.84. The number of halogens is 4. The summed E-state index contributed by atoms with van der Waals surface area (Å²) in [5.41, 5.74) is 0. The Morgan fingerprint density at radius 3 is 2.35 bits per heavy atom. The quantitative estimate of drug-likeness (QED) is 0.751. The van der Waals surface area contributed by atoms with Crippen LogP contribution in [0, 0.1) is 5.92 Å². The normalized spacial score (nSPS) is 21.2. The van der Waals surface area contributed by atoms with Crippen LogP contribution < -0.4 is 5.32 Å². The third kappa shape index (κ3) is 4.49. The summed E-state index contributed by atoms with van der Waals surface area (Å²) in [5, 5.41) is 10.3. The lowest BCUT2D eigenvalue weighted by Gasteiger charge is -2.27. The van der Waals surface area contributed by atoms with E-state index in [4.69, 9.17) is 5.11 Å². The number of carbonyl (C=O) groups is 1. The number of rotatable bonds is 4. The lowest BCUT2D eigenvalue weighted by Crippen LogP contribution is -2.43. The number of aliphatic hydroxyl groups is 1. The summed E-state index contributed by atoms with van der Waals surface area (Å²) >= 11 is 0. The number of hydrogen-bond donors (Lipinski definition) is 2. The van der Waals surface area contributed by atoms with Crippen LogP contribution in [-0.4, -0.2) is 36.0 Å². The summed E-state index contributed by atoms with van der Waals surface area (Å²) in [6.07, 6.45) is -0.768. The second kappa shape index (κ2) is 5.20. The van der Waals surface area contributed by atoms with Gasteiger partial charge >= 0.3 is 0 Å². The highest BCUT2D eigenvalue weighted by Crippen LogP contribution is 2.36. The van der Waals surface area contributed by atoms with Crippen molar-refractivity contribution in [1.29, 1.82) is 0 Å². The molecule has 1 saturated carbocycles. The van der Waals surface area contributed by atoms with Crippen LogP contribution in [0.5, 0.6) is 0 Å². The first kappa shape index (κ1) is 14.2. The molecule has 0 saturated heterocycles. The zero-order chi connectivity index (χ0) is 13.1. The van der Waals surface area contributed by atoms with Crippen LogP contribution in [0.15, 0.2) is 0 Å². The van der Waals surface area contributed by atoms with Gasteiger partial charge in [-0.3, -0.25) is 4.79 Å². The van der Waals surface area contributed by atoms with Crippen molar-refractivity contribution in [3.8, 4) is 0 Å². The Morgan fingerprint density at radius 1 is 1.35 bits per heavy atom. The molecule has 1 fully saturated rings. The molecule has 0 unspecified atom stereocenters. The molecule has 1 aliphatic rings. The van der Waals surface area contributed by atoms with Gasteiger partial charge in [-0.05, 0) is 12.8 Å². The van der Waals surface area contributed by atoms with Gasteiger partial charge in [0.25, 0.3) is 5.92 Å². The Balaban J connectivity index is 2.35. The Labute approximate surface area is 96.2 Å². The van der Waals surface area contributed by atoms with Gasteiger partial charge < -0.3 is 10.4 Å². The van der Waals surface area contributed by atoms with Gasteiger partial charge in [-0.15, -0.1) is 0 Å². The second-order valence-electron chi connectivity index (χ2n) is 4.36. The topological polar surface area (TPSA) is 49.3 Å². The van der Waals surface area contributed by atoms with E-state index < -0.39 is 36.8 Å². The highest BCUT2D eigenvalue weighted by Gasteiger charge is 2.38. The van der Waals surface area contributed by atoms with Gasteiger partial charge in [-0.25, -0.2) is 17.6 Å². The molecular weight excluding hydrogens is 242 g/mol. The van der Waals surface area contributed by atoms with Gasteiger partial charge in [0.05, 0.1) is 6.54 Å². The molecule has 100 valence electrons. The van der Waals surface area contributed by atoms with Crippen LogP contribution in [-0.2, 0) is 4.79 Å². The van der Waals surface area contributed by atoms with E-state index in [2.05, 4.69) is 0 Å². The third-order valence-electron chi connectivity index (χ3n) is 2.84. The Morgan fingerprint density at radius 2 is 1.88 bits per heavy atom. The predicted molar refractivity (Wildman–Crippen MR) is 51.9 cm³/mol. The second-order valence-corrected chi connectivity index (χ2v) is 4.36. The van der Waals surface area contributed by atoms with Crippen molar-refractivity contribution in [3.63, 3.8) is 0 Å². The van der Waals surface area contributed by atoms with Crippen LogP contribution in [0.1, 0.15) is 25.7 Å². The van der Waals surface area contributed by atoms with Crippen molar-refractivity contribution in [1.82, 2.24) is 5.32 Å². The lowest BCUT2D eigenvalue weighted by molar-refractivity contribution is -0.131. The van der Waals surface area contributed by atoms with Crippen LogP contribution in [0.3, 0.4) is 0 Å². The molecular formula is C10H15F4NO2. The van der Waals surface area contributed by atoms with E-state index in [0.29, 0.717) is 0 Å². The van der Waals surface area contributed by atoms with Crippen molar-refractivity contribution in [2.24, 2.45) is 5.92 Å². The minimum absolute atomic E-state index is 0.00350. The molecule has 7 heteroatoms. The summed E-state index contributed by atoms with van der Waals surface area (Å²) < 4.78 is 50.8. The van der Waals surface area contributed by atoms with Crippen LogP contribution in [0.2, 0.25) is 0 Å². The summed E-state index contributed by atoms with van der Waals surface area (Å²) in [6, 6.07) is 0. The maximum absolute atomic E-state index is 12.8. The zero-order valence-corrected chi connectivity index (χ0v) is 9.19. The van der Waals surface area contributed by atoms with E-state index in [1.807, 2.05) is 5.32 Å². The highest BCUT2D eigenvalue weighted by atomic mass is 19.3. The summed E-state index contributed by atoms with van der Waals surface area (Å²) in [5.74, 6) is -7.39. The summed E-state index contributed by atoms with van der Waals surface area (Å²) in [6.45, 7) is -2.31. The smallest absolute Gasteiger partial charge is 0.287 e. The molecule has 0 aliphatic heterocycles. The van der Waals surface area contributed by atoms with Crippen molar-refractivity contribution in [2.45, 2.75) is 37.5 Å². The fraction of sp³-hybridized carbons (Fsp3) is 0.900. The Hall–Kier alpha value is -0.850. The molecule has 1 amide bonds. The van der Waals surface area contributed by atoms with E-state index in [0.717, 1.165) is 0 Å². The molecule has 1 aliphatic carbocycles. The molecule has 0 aromatic rings. The minimum atomic E-state index is -3.37. The lowest BCUT2D eigenvalue weighted by atomic mass is 9.86. The van der Waals surface area contributed by atoms with Crippen LogP contribution in [0.4, 0.5) is 17.6 Å². The number of alkyl halides is 4. The van der Waals surface area contributed by atoms with Gasteiger partial charge in [0.15, 0.2) is 0 Å². The van der Waals surface area contributed by atoms with E-state index in [-0.39, 0.29) is 25.7 Å². The number of aliphatic hydroxyl groups excluding tert-OH is 1. The van der Waals surface area contributed by atoms with Gasteiger partial charge in [0, 0.05) is 18.8 Å². The predicted octanol–water partition coefficient (Wildman–Crippen LogP) is 1.56. The fourth-order valence-corrected chi connectivity index (χ4v) is 1.72. The fourth-order valence-electron chi connectivity index (χ4n) is 1.72. The van der Waals surface area contributed by atoms with E-state index in [1.54, 1.807) is 0 Å². The monoisotopic (exact) mass is 257 g/mol. The van der Waals surface area contributed by atoms with Crippen molar-refractivity contribution >= 4 is 5.91 Å². The standard InChI is InChI=1S/C10H15F4NO2/c11-9(12)3-1-7(2-4-9)8(17)15-5-10(13,14)6-16/h7,16H,1-6H2,(H,15,17). The molecule has 1 rings (SSSR count). The van der Waals surface area contributed by atoms with Gasteiger partial charge in [0.2, 0.25) is 11.8 Å². The van der Waals surface area contributed by atoms with Gasteiger partial charge in [0.1, 0.15) is 6.61 Å². The van der Waals surface area contributed by atoms with Crippen molar-refractivity contribution in [3.05, 3.63) is 0 Å². The number of hydrogen-bond acceptors (Lipinski definition) is 2. The molecule has 0 aromatic carbocycles. The molecule has 2 N–H and O–H groups in total. The van der Waals surface area contributed by atoms with Crippen molar-refractivity contribution in [2.75, 3.05) is 13.2 Å². The van der Waals surface area contributed by atoms with E-state index in [9.17, 15) is 22.4 Å². The molecule has 0 radical (unpaired) electrons. The average Bonchev–Trinajstić information content (AvgIpc) is 2.26. The maximum atomic E-state index is 12.8. The minimum Gasteiger partial charge on any atom is -0.390 e. The maximum Gasteiger partial charge on any atom is 0.287 e. The molecule has 0 bridgehead atoms. The number of carbonyl (C=O) groups excluding carboxylic acids is 1. The van der Waals surface area contributed by atoms with E-state index in [1.165, 1.54) is 0 Å². The highest BCUT2D eigenvalue weighted by molar-refractivity contribution is 5.78. The first-order valence-electron chi connectivity index (χ1n) is 5.40. The number of amides is 1. The Kier molecular flexibility index (Phi) is 4.35. The average molecular weight is 257 g/mol. The molecule has 0 atom stereocenters. The summed E-state index contributed by atoms with van der Waals surface area (Å²) in [7, 11) is 0. The molecule has 17 heavy (non-hydrogen) atoms. The summed E-state index contributed by atoms with van der Waals surface area (Å²) in [4.78, 5) is 11.4. The SMILES string of the molecule is O=C(NCC(F)(F)CO)C1CCC(F)(F)CC1. The molecule has 0 spiro atoms. The molecule has 0 aromatic heterocycles. The van der Waals surface area contributed by atoms with E-state index >= 15 is 0 Å². The zero-order valence-electron chi connectivity index (χ0n) is 9.19. The largest absolute Gasteiger partial charge is 0.390 e.